The Morgan fingerprint density at radius 2 is 2.17 bits per heavy atom. The Morgan fingerprint density at radius 1 is 1.67 bits per heavy atom. The Balaban J connectivity index is 2.36. The maximum atomic E-state index is 11.4. The molecule has 1 saturated heterocycles. The minimum absolute atomic E-state index is 0.00891. The van der Waals surface area contributed by atoms with Crippen molar-refractivity contribution in [2.75, 3.05) is 0 Å². The summed E-state index contributed by atoms with van der Waals surface area (Å²) < 4.78 is 8.89. The number of carbonyl (C=O) groups excluding carboxylic acids is 1. The van der Waals surface area contributed by atoms with Crippen molar-refractivity contribution in [3.8, 4) is 0 Å². The van der Waals surface area contributed by atoms with Gasteiger partial charge in [-0.2, -0.15) is 0 Å². The van der Waals surface area contributed by atoms with Crippen molar-refractivity contribution >= 4 is 28.6 Å². The summed E-state index contributed by atoms with van der Waals surface area (Å²) in [5.41, 5.74) is -0.353. The summed E-state index contributed by atoms with van der Waals surface area (Å²) in [6.45, 7) is 5.68. The summed E-state index contributed by atoms with van der Waals surface area (Å²) in [7, 11) is 0. The van der Waals surface area contributed by atoms with Crippen LogP contribution in [0.5, 0.6) is 0 Å². The van der Waals surface area contributed by atoms with E-state index < -0.39 is 0 Å². The van der Waals surface area contributed by atoms with E-state index in [-0.39, 0.29) is 37.0 Å². The van der Waals surface area contributed by atoms with E-state index in [1.807, 2.05) is 20.8 Å². The van der Waals surface area contributed by atoms with Crippen LogP contribution in [0, 0.1) is 0 Å². The molecule has 0 aliphatic carbocycles. The van der Waals surface area contributed by atoms with Crippen molar-refractivity contribution in [3.63, 3.8) is 0 Å². The molecule has 2 atom stereocenters. The maximum absolute atomic E-state index is 11.4. The van der Waals surface area contributed by atoms with E-state index in [1.165, 1.54) is 0 Å². The van der Waals surface area contributed by atoms with Gasteiger partial charge >= 0.3 is 97.4 Å². The first-order valence-corrected chi connectivity index (χ1v) is 7.22. The van der Waals surface area contributed by atoms with Gasteiger partial charge in [-0.05, 0) is 0 Å². The standard InChI is InChI=1S/C7H12I2NO2/c1-7(2,3)12-6(11)4(8)5-9-10-5/h4-5,10H,1-3H3/q-1. The van der Waals surface area contributed by atoms with Crippen molar-refractivity contribution in [3.05, 3.63) is 0 Å². The second-order valence-corrected chi connectivity index (χ2v) is 7.48. The molecule has 5 heteroatoms. The topological polar surface area (TPSA) is 48.2 Å². The fraction of sp³-hybridized carbons (Fsp3) is 0.857. The van der Waals surface area contributed by atoms with Crippen molar-refractivity contribution in [1.29, 1.82) is 0 Å². The summed E-state index contributed by atoms with van der Waals surface area (Å²) in [5.74, 6) is -0.0854. The van der Waals surface area contributed by atoms with Gasteiger partial charge in [0.25, 0.3) is 0 Å². The second kappa shape index (κ2) is 3.95. The predicted molar refractivity (Wildman–Crippen MR) is 50.6 cm³/mol. The summed E-state index contributed by atoms with van der Waals surface area (Å²) in [5, 5.41) is 0. The third-order valence-electron chi connectivity index (χ3n) is 1.12. The molecule has 2 unspecified atom stereocenters. The van der Waals surface area contributed by atoms with Crippen molar-refractivity contribution in [2.24, 2.45) is 0 Å². The van der Waals surface area contributed by atoms with Crippen LogP contribution in [0.1, 0.15) is 20.8 Å². The molecule has 0 bridgehead atoms. The molecule has 0 radical (unpaired) electrons. The van der Waals surface area contributed by atoms with Crippen LogP contribution in [-0.2, 0) is 9.53 Å². The van der Waals surface area contributed by atoms with E-state index in [2.05, 4.69) is 26.1 Å². The Bertz CT molecular complexity index is 186. The van der Waals surface area contributed by atoms with Crippen molar-refractivity contribution < 1.29 is 31.0 Å². The molecule has 0 aromatic heterocycles. The summed E-state index contributed by atoms with van der Waals surface area (Å²) >= 11 is 2.25. The number of alkyl halides is 2. The molecule has 72 valence electrons. The monoisotopic (exact) mass is 396 g/mol. The molecule has 1 aliphatic heterocycles. The van der Waals surface area contributed by atoms with E-state index in [1.54, 1.807) is 0 Å². The van der Waals surface area contributed by atoms with Gasteiger partial charge in [0, 0.05) is 0 Å². The Kier molecular flexibility index (Phi) is 3.61. The summed E-state index contributed by atoms with van der Waals surface area (Å²) in [6.07, 6.45) is 0. The van der Waals surface area contributed by atoms with E-state index in [0.717, 1.165) is 0 Å². The molecule has 0 aromatic rings. The molecule has 0 spiro atoms. The van der Waals surface area contributed by atoms with Crippen LogP contribution in [0.15, 0.2) is 0 Å². The quantitative estimate of drug-likeness (QED) is 0.148. The normalized spacial score (nSPS) is 25.5. The zero-order valence-corrected chi connectivity index (χ0v) is 11.5. The minimum atomic E-state index is -0.353. The molecule has 1 aliphatic rings. The van der Waals surface area contributed by atoms with Gasteiger partial charge < -0.3 is 0 Å². The average Bonchev–Trinajstić information content (AvgIpc) is 2.62. The number of esters is 1. The molecule has 3 nitrogen and oxygen atoms in total. The molecule has 12 heavy (non-hydrogen) atoms. The van der Waals surface area contributed by atoms with Gasteiger partial charge in [-0.25, -0.2) is 0 Å². The number of nitrogens with one attached hydrogen (secondary N) is 1. The predicted octanol–water partition coefficient (Wildman–Crippen LogP) is -1.93. The van der Waals surface area contributed by atoms with Crippen LogP contribution in [-0.4, -0.2) is 19.5 Å². The second-order valence-electron chi connectivity index (χ2n) is 3.56. The zero-order valence-electron chi connectivity index (χ0n) is 7.23. The van der Waals surface area contributed by atoms with Gasteiger partial charge in [-0.15, -0.1) is 0 Å². The van der Waals surface area contributed by atoms with E-state index in [0.29, 0.717) is 4.05 Å². The van der Waals surface area contributed by atoms with E-state index in [9.17, 15) is 4.79 Å². The average molecular weight is 396 g/mol. The van der Waals surface area contributed by atoms with Gasteiger partial charge in [-0.1, -0.05) is 0 Å². The summed E-state index contributed by atoms with van der Waals surface area (Å²) in [4.78, 5) is 11.4. The van der Waals surface area contributed by atoms with Gasteiger partial charge in [0.15, 0.2) is 0 Å². The molecule has 1 fully saturated rings. The zero-order chi connectivity index (χ0) is 9.35. The van der Waals surface area contributed by atoms with E-state index in [4.69, 9.17) is 4.74 Å². The van der Waals surface area contributed by atoms with Crippen LogP contribution in [0.3, 0.4) is 0 Å². The fourth-order valence-corrected chi connectivity index (χ4v) is 3.71. The van der Waals surface area contributed by atoms with Crippen molar-refractivity contribution in [1.82, 2.24) is 3.53 Å². The number of rotatable bonds is 2. The molecule has 1 rings (SSSR count). The number of halogens is 2. The van der Waals surface area contributed by atoms with Crippen molar-refractivity contribution in [2.45, 2.75) is 34.3 Å². The van der Waals surface area contributed by atoms with E-state index >= 15 is 0 Å². The summed E-state index contributed by atoms with van der Waals surface area (Å²) in [6, 6.07) is 0. The molecule has 1 N–H and O–H groups in total. The number of carbonyl (C=O) groups is 1. The van der Waals surface area contributed by atoms with Crippen LogP contribution < -0.4 is 25.0 Å². The molecule has 0 aromatic carbocycles. The third kappa shape index (κ3) is 3.73. The molecule has 1 heterocycles. The molecular weight excluding hydrogens is 384 g/mol. The first kappa shape index (κ1) is 11.0. The molecule has 0 saturated carbocycles. The van der Waals surface area contributed by atoms with Crippen LogP contribution in [0.4, 0.5) is 0 Å². The van der Waals surface area contributed by atoms with Gasteiger partial charge in [0.05, 0.1) is 0 Å². The first-order valence-electron chi connectivity index (χ1n) is 3.65. The van der Waals surface area contributed by atoms with Crippen LogP contribution >= 0.6 is 22.6 Å². The van der Waals surface area contributed by atoms with Gasteiger partial charge in [0.1, 0.15) is 0 Å². The van der Waals surface area contributed by atoms with Crippen LogP contribution in [0.2, 0.25) is 0 Å². The number of hydrogen-bond donors (Lipinski definition) is 1. The SMILES string of the molecule is CC(C)(C)OC(=O)C(I)C1N[I-]1. The number of ether oxygens (including phenoxy) is 1. The fourth-order valence-electron chi connectivity index (χ4n) is 0.625. The molecular formula is C7H12I2NO2-. The first-order chi connectivity index (χ1) is 5.40. The van der Waals surface area contributed by atoms with Crippen LogP contribution in [0.25, 0.3) is 0 Å². The van der Waals surface area contributed by atoms with Gasteiger partial charge in [0.2, 0.25) is 0 Å². The third-order valence-corrected chi connectivity index (χ3v) is 5.79. The van der Waals surface area contributed by atoms with Gasteiger partial charge in [-0.3, -0.25) is 0 Å². The Hall–Kier alpha value is 0.890. The Morgan fingerprint density at radius 3 is 2.50 bits per heavy atom. The Labute approximate surface area is 96.8 Å². The number of hydrogen-bond acceptors (Lipinski definition) is 3. The molecule has 0 amide bonds.